The average molecular weight is 378 g/mol. The Labute approximate surface area is 156 Å². The smallest absolute Gasteiger partial charge is 0.303 e. The zero-order chi connectivity index (χ0) is 18.9. The molecule has 2 aliphatic heterocycles. The first-order valence-electron chi connectivity index (χ1n) is 9.88. The van der Waals surface area contributed by atoms with Gasteiger partial charge in [0.25, 0.3) is 5.92 Å². The number of carboxylic acids is 1. The van der Waals surface area contributed by atoms with Gasteiger partial charge in [-0.3, -0.25) is 4.79 Å². The Morgan fingerprint density at radius 3 is 2.63 bits per heavy atom. The van der Waals surface area contributed by atoms with Gasteiger partial charge in [0.1, 0.15) is 11.5 Å². The van der Waals surface area contributed by atoms with E-state index in [4.69, 9.17) is 10.1 Å². The molecule has 4 aliphatic rings. The topological polar surface area (TPSA) is 69.6 Å². The van der Waals surface area contributed by atoms with Gasteiger partial charge in [0.05, 0.1) is 0 Å². The second kappa shape index (κ2) is 5.75. The zero-order valence-corrected chi connectivity index (χ0v) is 15.4. The quantitative estimate of drug-likeness (QED) is 0.869. The van der Waals surface area contributed by atoms with E-state index in [1.807, 2.05) is 4.90 Å². The molecule has 3 atom stereocenters. The maximum absolute atomic E-state index is 14.6. The first-order chi connectivity index (χ1) is 12.8. The lowest BCUT2D eigenvalue weighted by Gasteiger charge is -2.40. The van der Waals surface area contributed by atoms with Crippen LogP contribution in [0.2, 0.25) is 0 Å². The number of hydrogen-bond donors (Lipinski definition) is 1. The predicted molar refractivity (Wildman–Crippen MR) is 95.2 cm³/mol. The van der Waals surface area contributed by atoms with E-state index in [0.29, 0.717) is 55.1 Å². The molecule has 1 N–H and O–H groups in total. The lowest BCUT2D eigenvalue weighted by atomic mass is 9.92. The third-order valence-electron chi connectivity index (χ3n) is 6.90. The molecule has 0 spiro atoms. The molecule has 3 heterocycles. The Balaban J connectivity index is 1.47. The van der Waals surface area contributed by atoms with Gasteiger partial charge in [-0.1, -0.05) is 0 Å². The highest BCUT2D eigenvalue weighted by molar-refractivity contribution is 5.68. The molecule has 1 saturated carbocycles. The molecule has 2 aliphatic carbocycles. The number of piperidine rings is 1. The van der Waals surface area contributed by atoms with Crippen molar-refractivity contribution >= 4 is 17.7 Å². The number of aromatic nitrogens is 2. The van der Waals surface area contributed by atoms with Crippen molar-refractivity contribution in [1.29, 1.82) is 0 Å². The number of rotatable bonds is 4. The van der Waals surface area contributed by atoms with Gasteiger partial charge in [-0.25, -0.2) is 4.98 Å². The molecule has 3 fully saturated rings. The first kappa shape index (κ1) is 17.1. The van der Waals surface area contributed by atoms with Crippen molar-refractivity contribution in [2.24, 2.45) is 17.8 Å². The van der Waals surface area contributed by atoms with Crippen molar-refractivity contribution in [2.45, 2.75) is 51.0 Å². The normalized spacial score (nSPS) is 33.3. The van der Waals surface area contributed by atoms with Crippen LogP contribution in [0, 0.1) is 17.8 Å². The maximum Gasteiger partial charge on any atom is 0.303 e. The van der Waals surface area contributed by atoms with Crippen molar-refractivity contribution in [3.05, 3.63) is 11.3 Å². The van der Waals surface area contributed by atoms with Gasteiger partial charge < -0.3 is 14.9 Å². The van der Waals surface area contributed by atoms with Gasteiger partial charge in [-0.05, 0) is 43.9 Å². The molecule has 2 saturated heterocycles. The van der Waals surface area contributed by atoms with Crippen molar-refractivity contribution < 1.29 is 18.7 Å². The number of carbonyl (C=O) groups is 1. The van der Waals surface area contributed by atoms with E-state index in [0.717, 1.165) is 13.0 Å². The number of halogens is 2. The van der Waals surface area contributed by atoms with Crippen LogP contribution < -0.4 is 9.80 Å². The van der Waals surface area contributed by atoms with Crippen molar-refractivity contribution in [3.8, 4) is 0 Å². The molecule has 27 heavy (non-hydrogen) atoms. The third kappa shape index (κ3) is 2.67. The number of nitrogens with zero attached hydrogens (tertiary/aromatic N) is 4. The molecule has 2 unspecified atom stereocenters. The SMILES string of the molecule is C[C@H]1CCN1c1nc(N2CC3C(CC(=O)O)C3C2)c2c(n1)C(F)(F)CCC2. The Morgan fingerprint density at radius 2 is 2.04 bits per heavy atom. The van der Waals surface area contributed by atoms with E-state index < -0.39 is 11.9 Å². The van der Waals surface area contributed by atoms with Crippen LogP contribution in [0.3, 0.4) is 0 Å². The van der Waals surface area contributed by atoms with Crippen LogP contribution in [0.1, 0.15) is 43.9 Å². The fourth-order valence-electron chi connectivity index (χ4n) is 5.13. The molecule has 6 nitrogen and oxygen atoms in total. The third-order valence-corrected chi connectivity index (χ3v) is 6.90. The summed E-state index contributed by atoms with van der Waals surface area (Å²) in [5, 5.41) is 9.01. The van der Waals surface area contributed by atoms with E-state index in [1.165, 1.54) is 0 Å². The minimum Gasteiger partial charge on any atom is -0.481 e. The number of fused-ring (bicyclic) bond motifs is 2. The first-order valence-corrected chi connectivity index (χ1v) is 9.88. The van der Waals surface area contributed by atoms with Crippen LogP contribution in [0.15, 0.2) is 0 Å². The maximum atomic E-state index is 14.6. The monoisotopic (exact) mass is 378 g/mol. The summed E-state index contributed by atoms with van der Waals surface area (Å²) < 4.78 is 29.3. The number of alkyl halides is 2. The van der Waals surface area contributed by atoms with Crippen LogP contribution in [-0.2, 0) is 17.1 Å². The van der Waals surface area contributed by atoms with Gasteiger partial charge in [0.2, 0.25) is 5.95 Å². The highest BCUT2D eigenvalue weighted by Crippen LogP contribution is 2.55. The molecular formula is C19H24F2N4O2. The molecule has 1 aromatic rings. The molecule has 0 bridgehead atoms. The number of hydrogen-bond acceptors (Lipinski definition) is 5. The van der Waals surface area contributed by atoms with E-state index in [-0.39, 0.29) is 30.5 Å². The molecule has 5 rings (SSSR count). The van der Waals surface area contributed by atoms with E-state index >= 15 is 0 Å². The minimum absolute atomic E-state index is 0.0875. The van der Waals surface area contributed by atoms with Gasteiger partial charge in [0, 0.05) is 44.1 Å². The highest BCUT2D eigenvalue weighted by atomic mass is 19.3. The summed E-state index contributed by atoms with van der Waals surface area (Å²) in [7, 11) is 0. The largest absolute Gasteiger partial charge is 0.481 e. The average Bonchev–Trinajstić information content (AvgIpc) is 3.03. The Kier molecular flexibility index (Phi) is 3.65. The van der Waals surface area contributed by atoms with Crippen LogP contribution >= 0.6 is 0 Å². The van der Waals surface area contributed by atoms with Crippen molar-refractivity contribution in [3.63, 3.8) is 0 Å². The number of aliphatic carboxylic acids is 1. The summed E-state index contributed by atoms with van der Waals surface area (Å²) in [4.78, 5) is 24.1. The number of anilines is 2. The van der Waals surface area contributed by atoms with Crippen LogP contribution in [0.5, 0.6) is 0 Å². The van der Waals surface area contributed by atoms with Gasteiger partial charge in [0.15, 0.2) is 0 Å². The van der Waals surface area contributed by atoms with Crippen molar-refractivity contribution in [1.82, 2.24) is 9.97 Å². The van der Waals surface area contributed by atoms with Crippen molar-refractivity contribution in [2.75, 3.05) is 29.4 Å². The summed E-state index contributed by atoms with van der Waals surface area (Å²) in [6.45, 7) is 4.29. The molecule has 0 amide bonds. The van der Waals surface area contributed by atoms with Gasteiger partial charge >= 0.3 is 5.97 Å². The summed E-state index contributed by atoms with van der Waals surface area (Å²) in [5.41, 5.74) is 0.509. The van der Waals surface area contributed by atoms with Crippen LogP contribution in [0.4, 0.5) is 20.5 Å². The van der Waals surface area contributed by atoms with E-state index in [9.17, 15) is 13.6 Å². The van der Waals surface area contributed by atoms with Crippen LogP contribution in [-0.4, -0.2) is 46.7 Å². The minimum atomic E-state index is -2.90. The van der Waals surface area contributed by atoms with Gasteiger partial charge in [-0.2, -0.15) is 13.8 Å². The summed E-state index contributed by atoms with van der Waals surface area (Å²) in [6, 6.07) is 0.278. The van der Waals surface area contributed by atoms with E-state index in [1.54, 1.807) is 0 Å². The highest BCUT2D eigenvalue weighted by Gasteiger charge is 2.57. The molecule has 0 radical (unpaired) electrons. The molecule has 1 aromatic heterocycles. The molecule has 0 aromatic carbocycles. The Hall–Kier alpha value is -1.99. The standard InChI is InChI=1S/C19H24F2N4O2/c1-10-4-6-25(10)18-22-16-11(3-2-5-19(16,20)21)17(23-18)24-8-13-12(7-15(26)27)14(13)9-24/h10,12-14H,2-9H2,1H3,(H,26,27)/t10-,12?,13?,14?/m0/s1. The Bertz CT molecular complexity index is 790. The van der Waals surface area contributed by atoms with Crippen LogP contribution in [0.25, 0.3) is 0 Å². The Morgan fingerprint density at radius 1 is 1.30 bits per heavy atom. The lowest BCUT2D eigenvalue weighted by Crippen LogP contribution is -2.47. The lowest BCUT2D eigenvalue weighted by molar-refractivity contribution is -0.137. The molecule has 8 heteroatoms. The molecule has 146 valence electrons. The summed E-state index contributed by atoms with van der Waals surface area (Å²) >= 11 is 0. The van der Waals surface area contributed by atoms with Gasteiger partial charge in [-0.15, -0.1) is 0 Å². The second-order valence-corrected chi connectivity index (χ2v) is 8.56. The summed E-state index contributed by atoms with van der Waals surface area (Å²) in [6.07, 6.45) is 2.10. The predicted octanol–water partition coefficient (Wildman–Crippen LogP) is 2.66. The zero-order valence-electron chi connectivity index (χ0n) is 15.4. The number of carboxylic acid groups (broad SMARTS) is 1. The molecular weight excluding hydrogens is 354 g/mol. The fourth-order valence-corrected chi connectivity index (χ4v) is 5.13. The van der Waals surface area contributed by atoms with E-state index in [2.05, 4.69) is 16.8 Å². The summed E-state index contributed by atoms with van der Waals surface area (Å²) in [5.74, 6) is -1.64. The fraction of sp³-hybridized carbons (Fsp3) is 0.737. The second-order valence-electron chi connectivity index (χ2n) is 8.56.